The molecular formula is C40H70O4. The highest BCUT2D eigenvalue weighted by molar-refractivity contribution is 6.02. The Morgan fingerprint density at radius 1 is 0.500 bits per heavy atom. The minimum absolute atomic E-state index is 0.0219. The van der Waals surface area contributed by atoms with Crippen molar-refractivity contribution in [3.63, 3.8) is 0 Å². The Kier molecular flexibility index (Phi) is 27.3. The van der Waals surface area contributed by atoms with Crippen LogP contribution in [0.4, 0.5) is 0 Å². The summed E-state index contributed by atoms with van der Waals surface area (Å²) in [7, 11) is 0. The Balaban J connectivity index is 2.28. The lowest BCUT2D eigenvalue weighted by atomic mass is 10.0. The van der Waals surface area contributed by atoms with Crippen molar-refractivity contribution in [2.45, 2.75) is 206 Å². The van der Waals surface area contributed by atoms with Crippen LogP contribution < -0.4 is 0 Å². The monoisotopic (exact) mass is 615 g/mol. The lowest BCUT2D eigenvalue weighted by molar-refractivity contribution is 0.0244. The number of hydrogen-bond donors (Lipinski definition) is 1. The van der Waals surface area contributed by atoms with E-state index in [0.29, 0.717) is 0 Å². The molecule has 254 valence electrons. The van der Waals surface area contributed by atoms with Crippen molar-refractivity contribution in [3.8, 4) is 0 Å². The standard InChI is InChI=1S/C40H70O4/c1-3-5-7-9-11-13-15-17-19-21-23-25-27-29-33-36(44-40(43)38-35-31-30-34-37(38)39(41)42)32-28-26-24-22-20-18-16-14-12-10-8-6-4-2/h30-31,34-36H,3-29,32-33H2,1-2H3,(H,41,42). The molecular weight excluding hydrogens is 544 g/mol. The van der Waals surface area contributed by atoms with Crippen molar-refractivity contribution in [2.24, 2.45) is 0 Å². The molecule has 1 N–H and O–H groups in total. The van der Waals surface area contributed by atoms with Crippen LogP contribution in [0.3, 0.4) is 0 Å². The average molecular weight is 615 g/mol. The minimum Gasteiger partial charge on any atom is -0.478 e. The third kappa shape index (κ3) is 22.6. The van der Waals surface area contributed by atoms with Gasteiger partial charge >= 0.3 is 11.9 Å². The van der Waals surface area contributed by atoms with Crippen molar-refractivity contribution in [2.75, 3.05) is 0 Å². The molecule has 0 saturated heterocycles. The lowest BCUT2D eigenvalue weighted by Gasteiger charge is -2.19. The highest BCUT2D eigenvalue weighted by Crippen LogP contribution is 2.21. The van der Waals surface area contributed by atoms with Crippen LogP contribution in [0.15, 0.2) is 24.3 Å². The fourth-order valence-corrected chi connectivity index (χ4v) is 6.28. The molecule has 44 heavy (non-hydrogen) atoms. The van der Waals surface area contributed by atoms with Crippen LogP contribution in [0.1, 0.15) is 221 Å². The molecule has 0 aliphatic heterocycles. The average Bonchev–Trinajstić information content (AvgIpc) is 3.03. The Labute approximate surface area is 272 Å². The van der Waals surface area contributed by atoms with Crippen LogP contribution in [-0.2, 0) is 4.74 Å². The maximum atomic E-state index is 13.0. The summed E-state index contributed by atoms with van der Waals surface area (Å²) in [5.74, 6) is -1.58. The topological polar surface area (TPSA) is 63.6 Å². The molecule has 4 heteroatoms. The summed E-state index contributed by atoms with van der Waals surface area (Å²) < 4.78 is 5.95. The van der Waals surface area contributed by atoms with E-state index in [1.165, 1.54) is 167 Å². The first kappa shape index (κ1) is 40.2. The predicted octanol–water partition coefficient (Wildman–Crippen LogP) is 13.3. The third-order valence-electron chi connectivity index (χ3n) is 9.16. The maximum Gasteiger partial charge on any atom is 0.339 e. The Morgan fingerprint density at radius 2 is 0.795 bits per heavy atom. The molecule has 0 saturated carbocycles. The molecule has 1 unspecified atom stereocenters. The van der Waals surface area contributed by atoms with Gasteiger partial charge in [0.15, 0.2) is 0 Å². The second-order valence-electron chi connectivity index (χ2n) is 13.3. The van der Waals surface area contributed by atoms with E-state index in [0.717, 1.165) is 25.7 Å². The zero-order valence-corrected chi connectivity index (χ0v) is 29.1. The third-order valence-corrected chi connectivity index (χ3v) is 9.16. The van der Waals surface area contributed by atoms with Gasteiger partial charge in [0.05, 0.1) is 11.1 Å². The van der Waals surface area contributed by atoms with Crippen molar-refractivity contribution in [1.29, 1.82) is 0 Å². The summed E-state index contributed by atoms with van der Waals surface area (Å²) in [4.78, 5) is 24.6. The molecule has 0 amide bonds. The number of rotatable bonds is 32. The van der Waals surface area contributed by atoms with E-state index in [-0.39, 0.29) is 17.2 Å². The first-order valence-corrected chi connectivity index (χ1v) is 19.1. The molecule has 1 rings (SSSR count). The van der Waals surface area contributed by atoms with Gasteiger partial charge in [-0.05, 0) is 37.8 Å². The van der Waals surface area contributed by atoms with Gasteiger partial charge in [0.25, 0.3) is 0 Å². The second-order valence-corrected chi connectivity index (χ2v) is 13.3. The second kappa shape index (κ2) is 29.8. The molecule has 4 nitrogen and oxygen atoms in total. The number of carbonyl (C=O) groups excluding carboxylic acids is 1. The maximum absolute atomic E-state index is 13.0. The number of carboxylic acid groups (broad SMARTS) is 1. The van der Waals surface area contributed by atoms with E-state index in [1.807, 2.05) is 0 Å². The van der Waals surface area contributed by atoms with E-state index >= 15 is 0 Å². The van der Waals surface area contributed by atoms with E-state index in [1.54, 1.807) is 18.2 Å². The van der Waals surface area contributed by atoms with Gasteiger partial charge in [-0.15, -0.1) is 0 Å². The number of unbranched alkanes of at least 4 members (excludes halogenated alkanes) is 25. The number of hydrogen-bond acceptors (Lipinski definition) is 3. The molecule has 0 aliphatic carbocycles. The molecule has 0 heterocycles. The quantitative estimate of drug-likeness (QED) is 0.0647. The van der Waals surface area contributed by atoms with Gasteiger partial charge in [0, 0.05) is 0 Å². The van der Waals surface area contributed by atoms with Crippen molar-refractivity contribution in [3.05, 3.63) is 35.4 Å². The molecule has 1 aromatic carbocycles. The van der Waals surface area contributed by atoms with Gasteiger partial charge in [-0.1, -0.05) is 187 Å². The van der Waals surface area contributed by atoms with Gasteiger partial charge in [-0.25, -0.2) is 9.59 Å². The molecule has 0 aliphatic rings. The van der Waals surface area contributed by atoms with Gasteiger partial charge < -0.3 is 9.84 Å². The number of ether oxygens (including phenoxy) is 1. The summed E-state index contributed by atoms with van der Waals surface area (Å²) in [5.41, 5.74) is 0.185. The van der Waals surface area contributed by atoms with Crippen molar-refractivity contribution < 1.29 is 19.4 Å². The molecule has 0 bridgehead atoms. The summed E-state index contributed by atoms with van der Waals surface area (Å²) in [6.45, 7) is 4.55. The van der Waals surface area contributed by atoms with Gasteiger partial charge in [0.2, 0.25) is 0 Å². The van der Waals surface area contributed by atoms with Crippen LogP contribution in [-0.4, -0.2) is 23.1 Å². The zero-order chi connectivity index (χ0) is 31.9. The predicted molar refractivity (Wildman–Crippen MR) is 188 cm³/mol. The fraction of sp³-hybridized carbons (Fsp3) is 0.800. The van der Waals surface area contributed by atoms with Gasteiger partial charge in [-0.2, -0.15) is 0 Å². The molecule has 0 aromatic heterocycles. The van der Waals surface area contributed by atoms with E-state index in [2.05, 4.69) is 13.8 Å². The first-order valence-electron chi connectivity index (χ1n) is 19.1. The van der Waals surface area contributed by atoms with Crippen LogP contribution in [0.5, 0.6) is 0 Å². The number of benzene rings is 1. The lowest BCUT2D eigenvalue weighted by Crippen LogP contribution is -2.20. The number of aromatic carboxylic acids is 1. The number of esters is 1. The number of carbonyl (C=O) groups is 2. The summed E-state index contributed by atoms with van der Waals surface area (Å²) >= 11 is 0. The first-order chi connectivity index (χ1) is 21.6. The smallest absolute Gasteiger partial charge is 0.339 e. The van der Waals surface area contributed by atoms with E-state index < -0.39 is 11.9 Å². The fourth-order valence-electron chi connectivity index (χ4n) is 6.28. The summed E-state index contributed by atoms with van der Waals surface area (Å²) in [5, 5.41) is 9.52. The van der Waals surface area contributed by atoms with Gasteiger partial charge in [0.1, 0.15) is 6.10 Å². The number of carboxylic acids is 1. The highest BCUT2D eigenvalue weighted by Gasteiger charge is 2.21. The summed E-state index contributed by atoms with van der Waals surface area (Å²) in [6.07, 6.45) is 37.4. The molecule has 0 radical (unpaired) electrons. The van der Waals surface area contributed by atoms with Crippen LogP contribution >= 0.6 is 0 Å². The SMILES string of the molecule is CCCCCCCCCCCCCCCCC(CCCCCCCCCCCCCCC)OC(=O)c1ccccc1C(=O)O. The van der Waals surface area contributed by atoms with Crippen molar-refractivity contribution >= 4 is 11.9 Å². The normalized spacial score (nSPS) is 12.0. The molecule has 0 spiro atoms. The van der Waals surface area contributed by atoms with E-state index in [4.69, 9.17) is 4.74 Å². The molecule has 0 fully saturated rings. The van der Waals surface area contributed by atoms with Crippen LogP contribution in [0, 0.1) is 0 Å². The minimum atomic E-state index is -1.09. The highest BCUT2D eigenvalue weighted by atomic mass is 16.5. The van der Waals surface area contributed by atoms with Crippen molar-refractivity contribution in [1.82, 2.24) is 0 Å². The van der Waals surface area contributed by atoms with Crippen LogP contribution in [0.25, 0.3) is 0 Å². The molecule has 1 aromatic rings. The Bertz CT molecular complexity index is 804. The van der Waals surface area contributed by atoms with Gasteiger partial charge in [-0.3, -0.25) is 0 Å². The zero-order valence-electron chi connectivity index (χ0n) is 29.1. The summed E-state index contributed by atoms with van der Waals surface area (Å²) in [6, 6.07) is 6.41. The molecule has 1 atom stereocenters. The van der Waals surface area contributed by atoms with E-state index in [9.17, 15) is 14.7 Å². The largest absolute Gasteiger partial charge is 0.478 e. The Hall–Kier alpha value is -1.84. The Morgan fingerprint density at radius 3 is 1.11 bits per heavy atom. The van der Waals surface area contributed by atoms with Crippen LogP contribution in [0.2, 0.25) is 0 Å².